The summed E-state index contributed by atoms with van der Waals surface area (Å²) in [5.41, 5.74) is 14.0. The fourth-order valence-electron chi connectivity index (χ4n) is 5.98. The molecule has 4 heterocycles. The normalized spacial score (nSPS) is 18.9. The predicted molar refractivity (Wildman–Crippen MR) is 138 cm³/mol. The zero-order chi connectivity index (χ0) is 24.3. The maximum Gasteiger partial charge on any atom is 0.155 e. The number of methoxy groups -OCH3 is 1. The summed E-state index contributed by atoms with van der Waals surface area (Å²) >= 11 is 6.63. The van der Waals surface area contributed by atoms with Crippen molar-refractivity contribution >= 4 is 22.9 Å². The summed E-state index contributed by atoms with van der Waals surface area (Å²) in [7, 11) is 1.71. The Morgan fingerprint density at radius 2 is 1.89 bits per heavy atom. The Balaban J connectivity index is 1.32. The van der Waals surface area contributed by atoms with E-state index in [0.717, 1.165) is 72.1 Å². The quantitative estimate of drug-likeness (QED) is 0.441. The molecule has 4 aromatic rings. The SMILES string of the molecule is COc1ccc2c(c1)CC1(CCN(c3nc(C)c(-c4ccnc(C)c4Cl)n4nccc34)CC1)[C@@H]2N. The van der Waals surface area contributed by atoms with Gasteiger partial charge in [0.05, 0.1) is 35.4 Å². The van der Waals surface area contributed by atoms with Gasteiger partial charge in [0.15, 0.2) is 5.82 Å². The molecule has 2 aliphatic rings. The van der Waals surface area contributed by atoms with Gasteiger partial charge in [-0.15, -0.1) is 0 Å². The topological polar surface area (TPSA) is 81.6 Å². The molecule has 0 bridgehead atoms. The number of hydrogen-bond donors (Lipinski definition) is 1. The van der Waals surface area contributed by atoms with Crippen molar-refractivity contribution in [2.45, 2.75) is 39.2 Å². The highest BCUT2D eigenvalue weighted by molar-refractivity contribution is 6.33. The zero-order valence-corrected chi connectivity index (χ0v) is 21.0. The first-order valence-electron chi connectivity index (χ1n) is 12.0. The molecule has 1 atom stereocenters. The molecule has 0 saturated carbocycles. The minimum absolute atomic E-state index is 0.0506. The van der Waals surface area contributed by atoms with Gasteiger partial charge in [-0.3, -0.25) is 4.98 Å². The summed E-state index contributed by atoms with van der Waals surface area (Å²) in [6.45, 7) is 5.74. The molecule has 1 aliphatic heterocycles. The van der Waals surface area contributed by atoms with Crippen LogP contribution in [-0.4, -0.2) is 39.8 Å². The molecular formula is C27H29ClN6O. The largest absolute Gasteiger partial charge is 0.497 e. The Morgan fingerprint density at radius 1 is 1.09 bits per heavy atom. The number of halogens is 1. The average Bonchev–Trinajstić information content (AvgIpc) is 3.44. The number of piperidine rings is 1. The van der Waals surface area contributed by atoms with E-state index in [9.17, 15) is 0 Å². The number of aromatic nitrogens is 4. The lowest BCUT2D eigenvalue weighted by Gasteiger charge is -2.42. The number of benzene rings is 1. The monoisotopic (exact) mass is 488 g/mol. The van der Waals surface area contributed by atoms with Crippen LogP contribution in [0.25, 0.3) is 16.8 Å². The fraction of sp³-hybridized carbons (Fsp3) is 0.370. The Morgan fingerprint density at radius 3 is 2.66 bits per heavy atom. The third-order valence-electron chi connectivity index (χ3n) is 7.96. The fourth-order valence-corrected chi connectivity index (χ4v) is 6.18. The standard InChI is InChI=1S/C27H29ClN6O/c1-16-23(28)21(6-10-30-16)24-17(2)32-26(22-7-11-31-34(22)24)33-12-8-27(9-13-33)15-18-14-19(35-3)4-5-20(18)25(27)29/h4-7,10-11,14,25H,8-9,12-13,15,29H2,1-3H3/t25-/m1/s1. The summed E-state index contributed by atoms with van der Waals surface area (Å²) < 4.78 is 7.41. The molecule has 6 rings (SSSR count). The molecule has 1 aliphatic carbocycles. The molecule has 7 nitrogen and oxygen atoms in total. The Bertz CT molecular complexity index is 1440. The maximum absolute atomic E-state index is 6.83. The van der Waals surface area contributed by atoms with Crippen molar-refractivity contribution in [2.75, 3.05) is 25.1 Å². The van der Waals surface area contributed by atoms with E-state index in [1.165, 1.54) is 11.1 Å². The summed E-state index contributed by atoms with van der Waals surface area (Å²) in [5, 5.41) is 5.28. The first-order valence-corrected chi connectivity index (χ1v) is 12.4. The minimum Gasteiger partial charge on any atom is -0.497 e. The second-order valence-corrected chi connectivity index (χ2v) is 10.2. The molecule has 1 spiro atoms. The van der Waals surface area contributed by atoms with Crippen molar-refractivity contribution in [3.05, 3.63) is 70.3 Å². The second-order valence-electron chi connectivity index (χ2n) is 9.82. The molecule has 0 unspecified atom stereocenters. The van der Waals surface area contributed by atoms with Crippen LogP contribution < -0.4 is 15.4 Å². The van der Waals surface area contributed by atoms with Gasteiger partial charge in [-0.2, -0.15) is 5.10 Å². The summed E-state index contributed by atoms with van der Waals surface area (Å²) in [5.74, 6) is 1.86. The second kappa shape index (κ2) is 8.21. The van der Waals surface area contributed by atoms with Crippen LogP contribution in [0.2, 0.25) is 5.02 Å². The summed E-state index contributed by atoms with van der Waals surface area (Å²) in [6, 6.07) is 10.3. The highest BCUT2D eigenvalue weighted by Gasteiger charge is 2.46. The number of hydrogen-bond acceptors (Lipinski definition) is 6. The van der Waals surface area contributed by atoms with Gasteiger partial charge >= 0.3 is 0 Å². The molecule has 0 radical (unpaired) electrons. The van der Waals surface area contributed by atoms with E-state index in [0.29, 0.717) is 5.02 Å². The third kappa shape index (κ3) is 3.40. The maximum atomic E-state index is 6.83. The molecule has 0 amide bonds. The lowest BCUT2D eigenvalue weighted by molar-refractivity contribution is 0.187. The minimum atomic E-state index is 0.0506. The number of fused-ring (bicyclic) bond motifs is 2. The van der Waals surface area contributed by atoms with Crippen LogP contribution in [0, 0.1) is 19.3 Å². The first-order chi connectivity index (χ1) is 16.9. The van der Waals surface area contributed by atoms with E-state index < -0.39 is 0 Å². The van der Waals surface area contributed by atoms with Gasteiger partial charge in [-0.05, 0) is 73.9 Å². The van der Waals surface area contributed by atoms with Gasteiger partial charge in [-0.1, -0.05) is 17.7 Å². The van der Waals surface area contributed by atoms with E-state index in [1.807, 2.05) is 42.8 Å². The van der Waals surface area contributed by atoms with Crippen molar-refractivity contribution in [1.29, 1.82) is 0 Å². The number of rotatable bonds is 3. The van der Waals surface area contributed by atoms with Crippen molar-refractivity contribution in [1.82, 2.24) is 19.6 Å². The molecule has 8 heteroatoms. The highest BCUT2D eigenvalue weighted by atomic mass is 35.5. The van der Waals surface area contributed by atoms with E-state index in [4.69, 9.17) is 27.1 Å². The van der Waals surface area contributed by atoms with E-state index in [1.54, 1.807) is 13.3 Å². The van der Waals surface area contributed by atoms with Crippen LogP contribution in [-0.2, 0) is 6.42 Å². The Labute approximate surface area is 209 Å². The highest BCUT2D eigenvalue weighted by Crippen LogP contribution is 2.51. The molecule has 1 saturated heterocycles. The Kier molecular flexibility index (Phi) is 5.23. The van der Waals surface area contributed by atoms with Crippen molar-refractivity contribution in [3.63, 3.8) is 0 Å². The molecule has 180 valence electrons. The van der Waals surface area contributed by atoms with Crippen LogP contribution in [0.1, 0.15) is 41.4 Å². The van der Waals surface area contributed by atoms with Crippen molar-refractivity contribution in [2.24, 2.45) is 11.1 Å². The molecule has 35 heavy (non-hydrogen) atoms. The number of anilines is 1. The van der Waals surface area contributed by atoms with E-state index in [2.05, 4.69) is 27.1 Å². The third-order valence-corrected chi connectivity index (χ3v) is 8.44. The molecule has 1 aromatic carbocycles. The lowest BCUT2D eigenvalue weighted by atomic mass is 9.73. The van der Waals surface area contributed by atoms with Gasteiger partial charge in [0, 0.05) is 30.9 Å². The smallest absolute Gasteiger partial charge is 0.155 e. The van der Waals surface area contributed by atoms with Crippen LogP contribution in [0.3, 0.4) is 0 Å². The van der Waals surface area contributed by atoms with Crippen molar-refractivity contribution in [3.8, 4) is 17.0 Å². The van der Waals surface area contributed by atoms with Crippen LogP contribution in [0.15, 0.2) is 42.7 Å². The van der Waals surface area contributed by atoms with Crippen LogP contribution in [0.5, 0.6) is 5.75 Å². The summed E-state index contributed by atoms with van der Waals surface area (Å²) in [6.07, 6.45) is 6.64. The number of aryl methyl sites for hydroxylation is 2. The first kappa shape index (κ1) is 22.3. The van der Waals surface area contributed by atoms with E-state index >= 15 is 0 Å². The molecule has 3 aromatic heterocycles. The number of nitrogens with zero attached hydrogens (tertiary/aromatic N) is 5. The van der Waals surface area contributed by atoms with Crippen molar-refractivity contribution < 1.29 is 4.74 Å². The number of ether oxygens (including phenoxy) is 1. The van der Waals surface area contributed by atoms with Gasteiger partial charge in [0.1, 0.15) is 11.3 Å². The van der Waals surface area contributed by atoms with Crippen LogP contribution in [0.4, 0.5) is 5.82 Å². The molecule has 2 N–H and O–H groups in total. The van der Waals surface area contributed by atoms with Crippen LogP contribution >= 0.6 is 11.6 Å². The summed E-state index contributed by atoms with van der Waals surface area (Å²) in [4.78, 5) is 11.8. The Hall–Kier alpha value is -3.16. The number of pyridine rings is 1. The van der Waals surface area contributed by atoms with E-state index in [-0.39, 0.29) is 11.5 Å². The number of nitrogens with two attached hydrogens (primary N) is 1. The van der Waals surface area contributed by atoms with Gasteiger partial charge < -0.3 is 15.4 Å². The molecule has 1 fully saturated rings. The predicted octanol–water partition coefficient (Wildman–Crippen LogP) is 4.91. The van der Waals surface area contributed by atoms with Gasteiger partial charge in [0.2, 0.25) is 0 Å². The van der Waals surface area contributed by atoms with Gasteiger partial charge in [0.25, 0.3) is 0 Å². The van der Waals surface area contributed by atoms with Gasteiger partial charge in [-0.25, -0.2) is 9.50 Å². The molecular weight excluding hydrogens is 460 g/mol. The zero-order valence-electron chi connectivity index (χ0n) is 20.3. The average molecular weight is 489 g/mol. The lowest BCUT2D eigenvalue weighted by Crippen LogP contribution is -2.44.